The van der Waals surface area contributed by atoms with Crippen molar-refractivity contribution >= 4 is 68.6 Å². The van der Waals surface area contributed by atoms with Gasteiger partial charge in [0.2, 0.25) is 5.95 Å². The molecular formula is C27H23BrCl2N4O4. The Bertz CT molecular complexity index is 1450. The Labute approximate surface area is 237 Å². The fourth-order valence-corrected chi connectivity index (χ4v) is 5.47. The van der Waals surface area contributed by atoms with Gasteiger partial charge in [-0.25, -0.2) is 14.7 Å². The highest BCUT2D eigenvalue weighted by molar-refractivity contribution is 9.10. The molecule has 196 valence electrons. The van der Waals surface area contributed by atoms with Gasteiger partial charge in [-0.2, -0.15) is 0 Å². The van der Waals surface area contributed by atoms with Crippen molar-refractivity contribution in [3.63, 3.8) is 0 Å². The number of nitrogens with zero attached hydrogens (tertiary/aromatic N) is 3. The Morgan fingerprint density at radius 2 is 1.84 bits per heavy atom. The highest BCUT2D eigenvalue weighted by atomic mass is 79.9. The molecule has 38 heavy (non-hydrogen) atoms. The van der Waals surface area contributed by atoms with Gasteiger partial charge in [-0.1, -0.05) is 63.9 Å². The van der Waals surface area contributed by atoms with E-state index in [1.807, 2.05) is 24.3 Å². The van der Waals surface area contributed by atoms with Crippen molar-refractivity contribution in [2.24, 2.45) is 0 Å². The number of ether oxygens (including phenoxy) is 1. The second-order valence-corrected chi connectivity index (χ2v) is 11.3. The third-order valence-electron chi connectivity index (χ3n) is 6.73. The number of fused-ring (bicyclic) bond motifs is 1. The van der Waals surface area contributed by atoms with Crippen LogP contribution < -0.4 is 10.2 Å². The maximum Gasteiger partial charge on any atom is 0.332 e. The number of hydrogen-bond acceptors (Lipinski definition) is 5. The Morgan fingerprint density at radius 3 is 2.45 bits per heavy atom. The average molecular weight is 618 g/mol. The molecule has 2 aromatic carbocycles. The topological polar surface area (TPSA) is 93.5 Å². The quantitative estimate of drug-likeness (QED) is 0.263. The summed E-state index contributed by atoms with van der Waals surface area (Å²) in [5.74, 6) is -1.10. The van der Waals surface area contributed by atoms with Gasteiger partial charge in [0.15, 0.2) is 0 Å². The van der Waals surface area contributed by atoms with E-state index in [-0.39, 0.29) is 30.6 Å². The molecule has 1 aromatic heterocycles. The minimum absolute atomic E-state index is 0.0510. The van der Waals surface area contributed by atoms with E-state index in [2.05, 4.69) is 32.8 Å². The van der Waals surface area contributed by atoms with Crippen LogP contribution in [0.3, 0.4) is 0 Å². The molecule has 3 aromatic rings. The number of rotatable bonds is 8. The van der Waals surface area contributed by atoms with Crippen molar-refractivity contribution in [1.29, 1.82) is 0 Å². The average Bonchev–Trinajstić information content (AvgIpc) is 3.45. The fraction of sp³-hybridized carbons (Fsp3) is 0.259. The molecule has 2 aliphatic rings. The first-order valence-electron chi connectivity index (χ1n) is 11.8. The van der Waals surface area contributed by atoms with Crippen LogP contribution in [-0.2, 0) is 26.3 Å². The summed E-state index contributed by atoms with van der Waals surface area (Å²) in [6.07, 6.45) is 4.06. The van der Waals surface area contributed by atoms with E-state index in [4.69, 9.17) is 27.9 Å². The number of nitrogens with one attached hydrogen (secondary N) is 1. The summed E-state index contributed by atoms with van der Waals surface area (Å²) in [4.78, 5) is 46.1. The molecule has 0 saturated heterocycles. The van der Waals surface area contributed by atoms with Crippen LogP contribution in [0.4, 0.5) is 11.6 Å². The van der Waals surface area contributed by atoms with Gasteiger partial charge in [0, 0.05) is 20.9 Å². The Hall–Kier alpha value is -3.14. The lowest BCUT2D eigenvalue weighted by molar-refractivity contribution is -0.145. The van der Waals surface area contributed by atoms with Crippen LogP contribution >= 0.6 is 39.1 Å². The number of anilines is 2. The van der Waals surface area contributed by atoms with E-state index in [9.17, 15) is 14.4 Å². The molecule has 2 amide bonds. The Balaban J connectivity index is 1.57. The van der Waals surface area contributed by atoms with Crippen molar-refractivity contribution in [3.05, 3.63) is 87.1 Å². The zero-order valence-electron chi connectivity index (χ0n) is 20.3. The first-order chi connectivity index (χ1) is 18.1. The molecule has 1 atom stereocenters. The molecular weight excluding hydrogens is 595 g/mol. The number of hydrogen-bond donors (Lipinski definition) is 1. The highest BCUT2D eigenvalue weighted by Crippen LogP contribution is 2.44. The SMILES string of the molecule is C=CCOC(=O)C1(NC(=O)c2cnc3n2[C@](C)(Cc2ccc(Br)cc2)C(=O)N3c2cc(Cl)cc(Cl)c2)CC1. The van der Waals surface area contributed by atoms with Crippen LogP contribution in [0, 0.1) is 0 Å². The normalized spacial score (nSPS) is 19.2. The molecule has 1 aliphatic carbocycles. The summed E-state index contributed by atoms with van der Waals surface area (Å²) in [5.41, 5.74) is -0.867. The zero-order chi connectivity index (χ0) is 27.2. The van der Waals surface area contributed by atoms with Gasteiger partial charge in [0.1, 0.15) is 23.4 Å². The monoisotopic (exact) mass is 616 g/mol. The molecule has 1 aliphatic heterocycles. The van der Waals surface area contributed by atoms with Crippen LogP contribution in [0.25, 0.3) is 0 Å². The summed E-state index contributed by atoms with van der Waals surface area (Å²) < 4.78 is 7.71. The fourth-order valence-electron chi connectivity index (χ4n) is 4.69. The van der Waals surface area contributed by atoms with Crippen molar-refractivity contribution < 1.29 is 19.1 Å². The third kappa shape index (κ3) is 4.63. The number of carbonyl (C=O) groups is 3. The number of esters is 1. The van der Waals surface area contributed by atoms with E-state index in [0.717, 1.165) is 10.0 Å². The lowest BCUT2D eigenvalue weighted by Gasteiger charge is -2.27. The zero-order valence-corrected chi connectivity index (χ0v) is 23.4. The largest absolute Gasteiger partial charge is 0.460 e. The number of carbonyl (C=O) groups excluding carboxylic acids is 3. The summed E-state index contributed by atoms with van der Waals surface area (Å²) >= 11 is 15.9. The van der Waals surface area contributed by atoms with Gasteiger partial charge in [-0.15, -0.1) is 0 Å². The molecule has 0 bridgehead atoms. The van der Waals surface area contributed by atoms with Gasteiger partial charge in [0.05, 0.1) is 11.9 Å². The Morgan fingerprint density at radius 1 is 1.18 bits per heavy atom. The molecule has 5 rings (SSSR count). The molecule has 8 nitrogen and oxygen atoms in total. The summed E-state index contributed by atoms with van der Waals surface area (Å²) in [6, 6.07) is 12.4. The summed E-state index contributed by atoms with van der Waals surface area (Å²) in [6.45, 7) is 5.36. The minimum Gasteiger partial charge on any atom is -0.460 e. The minimum atomic E-state index is -1.22. The number of imidazole rings is 1. The van der Waals surface area contributed by atoms with Crippen molar-refractivity contribution in [2.75, 3.05) is 11.5 Å². The number of aromatic nitrogens is 2. The highest BCUT2D eigenvalue weighted by Gasteiger charge is 2.55. The lowest BCUT2D eigenvalue weighted by Crippen LogP contribution is -2.47. The predicted octanol–water partition coefficient (Wildman–Crippen LogP) is 5.58. The van der Waals surface area contributed by atoms with E-state index in [1.54, 1.807) is 29.7 Å². The maximum atomic E-state index is 14.1. The van der Waals surface area contributed by atoms with Crippen LogP contribution in [0.1, 0.15) is 35.8 Å². The van der Waals surface area contributed by atoms with Gasteiger partial charge < -0.3 is 10.1 Å². The predicted molar refractivity (Wildman–Crippen MR) is 148 cm³/mol. The van der Waals surface area contributed by atoms with E-state index in [1.165, 1.54) is 17.2 Å². The number of halogens is 3. The van der Waals surface area contributed by atoms with Crippen molar-refractivity contribution in [2.45, 2.75) is 37.3 Å². The van der Waals surface area contributed by atoms with E-state index in [0.29, 0.717) is 28.6 Å². The van der Waals surface area contributed by atoms with Gasteiger partial charge in [-0.3, -0.25) is 14.2 Å². The first-order valence-corrected chi connectivity index (χ1v) is 13.4. The van der Waals surface area contributed by atoms with Crippen LogP contribution in [0.5, 0.6) is 0 Å². The second kappa shape index (κ2) is 9.87. The van der Waals surface area contributed by atoms with Gasteiger partial charge in [0.25, 0.3) is 11.8 Å². The van der Waals surface area contributed by atoms with Crippen LogP contribution in [-0.4, -0.2) is 39.5 Å². The van der Waals surface area contributed by atoms with Crippen LogP contribution in [0.15, 0.2) is 65.8 Å². The van der Waals surface area contributed by atoms with Crippen LogP contribution in [0.2, 0.25) is 10.0 Å². The molecule has 11 heteroatoms. The number of amides is 2. The smallest absolute Gasteiger partial charge is 0.332 e. The van der Waals surface area contributed by atoms with Gasteiger partial charge in [-0.05, 0) is 55.7 Å². The first kappa shape index (κ1) is 26.5. The van der Waals surface area contributed by atoms with Crippen molar-refractivity contribution in [1.82, 2.24) is 14.9 Å². The molecule has 2 heterocycles. The molecule has 0 radical (unpaired) electrons. The standard InChI is InChI=1S/C27H23BrCl2N4O4/c1-3-10-38-24(37)27(8-9-27)32-22(35)21-15-31-25-33(20-12-18(29)11-19(30)13-20)23(36)26(2,34(21)25)14-16-4-6-17(28)7-5-16/h3-7,11-13,15H,1,8-10,14H2,2H3,(H,32,35)/t26-/m1/s1. The molecule has 0 spiro atoms. The molecule has 1 saturated carbocycles. The van der Waals surface area contributed by atoms with E-state index < -0.39 is 23.0 Å². The molecule has 1 N–H and O–H groups in total. The summed E-state index contributed by atoms with van der Waals surface area (Å²) in [5, 5.41) is 3.52. The number of benzene rings is 2. The van der Waals surface area contributed by atoms with Crippen molar-refractivity contribution in [3.8, 4) is 0 Å². The van der Waals surface area contributed by atoms with Gasteiger partial charge >= 0.3 is 5.97 Å². The summed E-state index contributed by atoms with van der Waals surface area (Å²) in [7, 11) is 0. The molecule has 0 unspecified atom stereocenters. The molecule has 1 fully saturated rings. The third-order valence-corrected chi connectivity index (χ3v) is 7.69. The second-order valence-electron chi connectivity index (χ2n) is 9.55. The van der Waals surface area contributed by atoms with E-state index >= 15 is 0 Å². The maximum absolute atomic E-state index is 14.1. The lowest BCUT2D eigenvalue weighted by atomic mass is 9.91. The Kier molecular flexibility index (Phi) is 6.87.